The van der Waals surface area contributed by atoms with Crippen LogP contribution in [0.4, 0.5) is 5.69 Å². The summed E-state index contributed by atoms with van der Waals surface area (Å²) in [6.45, 7) is 2.32. The van der Waals surface area contributed by atoms with E-state index in [0.717, 1.165) is 16.7 Å². The topological polar surface area (TPSA) is 90.9 Å². The summed E-state index contributed by atoms with van der Waals surface area (Å²) in [7, 11) is 0. The van der Waals surface area contributed by atoms with Gasteiger partial charge in [-0.25, -0.2) is 5.43 Å². The highest BCUT2D eigenvalue weighted by atomic mass is 35.5. The van der Waals surface area contributed by atoms with Crippen LogP contribution in [0, 0.1) is 0 Å². The van der Waals surface area contributed by atoms with Crippen LogP contribution in [-0.2, 0) is 11.3 Å². The second-order valence-corrected chi connectivity index (χ2v) is 11.0. The predicted octanol–water partition coefficient (Wildman–Crippen LogP) is 6.52. The van der Waals surface area contributed by atoms with Crippen LogP contribution in [0.2, 0.25) is 5.02 Å². The Hall–Kier alpha value is -4.40. The maximum Gasteiger partial charge on any atom is 0.271 e. The van der Waals surface area contributed by atoms with Crippen molar-refractivity contribution in [3.05, 3.63) is 136 Å². The van der Waals surface area contributed by atoms with Gasteiger partial charge in [-0.3, -0.25) is 14.4 Å². The van der Waals surface area contributed by atoms with E-state index in [1.807, 2.05) is 53.4 Å². The summed E-state index contributed by atoms with van der Waals surface area (Å²) in [6.07, 6.45) is 0. The van der Waals surface area contributed by atoms with Crippen LogP contribution in [0.25, 0.3) is 0 Å². The third-order valence-electron chi connectivity index (χ3n) is 6.57. The first-order chi connectivity index (χ1) is 19.9. The Labute approximate surface area is 247 Å². The van der Waals surface area contributed by atoms with Gasteiger partial charge in [0, 0.05) is 28.4 Å². The summed E-state index contributed by atoms with van der Waals surface area (Å²) in [5.41, 5.74) is 7.46. The summed E-state index contributed by atoms with van der Waals surface area (Å²) >= 11 is 7.58. The highest BCUT2D eigenvalue weighted by Gasteiger charge is 2.32. The average Bonchev–Trinajstić information content (AvgIpc) is 3.35. The Balaban J connectivity index is 1.21. The van der Waals surface area contributed by atoms with Crippen molar-refractivity contribution in [2.24, 2.45) is 5.10 Å². The van der Waals surface area contributed by atoms with Gasteiger partial charge < -0.3 is 10.2 Å². The lowest BCUT2D eigenvalue weighted by Crippen LogP contribution is -2.27. The summed E-state index contributed by atoms with van der Waals surface area (Å²) in [6, 6.07) is 31.1. The maximum absolute atomic E-state index is 12.8. The molecule has 0 spiro atoms. The van der Waals surface area contributed by atoms with Gasteiger partial charge >= 0.3 is 0 Å². The Bertz CT molecular complexity index is 1610. The van der Waals surface area contributed by atoms with E-state index in [1.165, 1.54) is 0 Å². The van der Waals surface area contributed by atoms with E-state index in [1.54, 1.807) is 73.3 Å². The van der Waals surface area contributed by atoms with Crippen molar-refractivity contribution in [3.8, 4) is 0 Å². The molecule has 1 heterocycles. The van der Waals surface area contributed by atoms with Gasteiger partial charge in [0.1, 0.15) is 5.37 Å². The highest BCUT2D eigenvalue weighted by Crippen LogP contribution is 2.39. The number of halogens is 1. The number of carbonyl (C=O) groups is 3. The molecule has 1 saturated heterocycles. The summed E-state index contributed by atoms with van der Waals surface area (Å²) in [5, 5.41) is 7.49. The molecule has 0 aromatic heterocycles. The van der Waals surface area contributed by atoms with Crippen LogP contribution < -0.4 is 10.7 Å². The smallest absolute Gasteiger partial charge is 0.271 e. The van der Waals surface area contributed by atoms with Crippen LogP contribution in [0.5, 0.6) is 0 Å². The molecule has 1 aliphatic rings. The number of thioether (sulfide) groups is 1. The number of nitrogens with one attached hydrogen (secondary N) is 2. The number of rotatable bonds is 8. The van der Waals surface area contributed by atoms with Gasteiger partial charge in [-0.15, -0.1) is 11.8 Å². The number of hydrogen-bond donors (Lipinski definition) is 2. The van der Waals surface area contributed by atoms with Crippen molar-refractivity contribution in [1.82, 2.24) is 10.3 Å². The first-order valence-electron chi connectivity index (χ1n) is 12.9. The van der Waals surface area contributed by atoms with E-state index in [9.17, 15) is 14.4 Å². The molecular weight excluding hydrogens is 556 g/mol. The second-order valence-electron chi connectivity index (χ2n) is 9.48. The zero-order valence-electron chi connectivity index (χ0n) is 22.2. The molecule has 1 aliphatic heterocycles. The van der Waals surface area contributed by atoms with Crippen LogP contribution in [0.3, 0.4) is 0 Å². The molecule has 0 bridgehead atoms. The second kappa shape index (κ2) is 12.8. The molecule has 0 radical (unpaired) electrons. The van der Waals surface area contributed by atoms with Gasteiger partial charge in [0.25, 0.3) is 11.8 Å². The van der Waals surface area contributed by atoms with Crippen molar-refractivity contribution in [2.75, 3.05) is 11.1 Å². The summed E-state index contributed by atoms with van der Waals surface area (Å²) in [5.74, 6) is -0.0973. The Kier molecular flexibility index (Phi) is 8.82. The number of amides is 3. The largest absolute Gasteiger partial charge is 0.322 e. The van der Waals surface area contributed by atoms with Gasteiger partial charge in [0.15, 0.2) is 0 Å². The lowest BCUT2D eigenvalue weighted by Gasteiger charge is -2.24. The fourth-order valence-electron chi connectivity index (χ4n) is 4.40. The van der Waals surface area contributed by atoms with Crippen LogP contribution >= 0.6 is 23.4 Å². The molecule has 41 heavy (non-hydrogen) atoms. The summed E-state index contributed by atoms with van der Waals surface area (Å²) in [4.78, 5) is 39.8. The van der Waals surface area contributed by atoms with E-state index in [-0.39, 0.29) is 23.1 Å². The van der Waals surface area contributed by atoms with Crippen LogP contribution in [0.15, 0.2) is 108 Å². The molecule has 0 aliphatic carbocycles. The molecule has 4 aromatic rings. The van der Waals surface area contributed by atoms with Gasteiger partial charge in [-0.05, 0) is 66.1 Å². The SMILES string of the molecule is C/C(=N/NC(=O)c1ccc([C@H]2SCC(=O)N2Cc2ccccc2)cc1)c1cccc(NC(=O)c2cccc(Cl)c2)c1. The summed E-state index contributed by atoms with van der Waals surface area (Å²) < 4.78 is 0. The molecule has 1 fully saturated rings. The third kappa shape index (κ3) is 7.03. The van der Waals surface area contributed by atoms with E-state index in [4.69, 9.17) is 11.6 Å². The Morgan fingerprint density at radius 2 is 1.61 bits per heavy atom. The number of benzene rings is 4. The van der Waals surface area contributed by atoms with E-state index >= 15 is 0 Å². The van der Waals surface area contributed by atoms with E-state index in [0.29, 0.717) is 39.8 Å². The molecule has 5 rings (SSSR count). The quantitative estimate of drug-likeness (QED) is 0.183. The molecule has 9 heteroatoms. The van der Waals surface area contributed by atoms with Crippen molar-refractivity contribution < 1.29 is 14.4 Å². The van der Waals surface area contributed by atoms with Crippen molar-refractivity contribution in [2.45, 2.75) is 18.8 Å². The lowest BCUT2D eigenvalue weighted by atomic mass is 10.1. The average molecular weight is 583 g/mol. The molecule has 7 nitrogen and oxygen atoms in total. The number of anilines is 1. The minimum atomic E-state index is -0.349. The number of hydrazone groups is 1. The molecule has 4 aromatic carbocycles. The van der Waals surface area contributed by atoms with Crippen molar-refractivity contribution in [1.29, 1.82) is 0 Å². The predicted molar refractivity (Wildman–Crippen MR) is 164 cm³/mol. The van der Waals surface area contributed by atoms with E-state index < -0.39 is 0 Å². The normalized spacial score (nSPS) is 15.1. The minimum absolute atomic E-state index is 0.101. The van der Waals surface area contributed by atoms with E-state index in [2.05, 4.69) is 15.8 Å². The Morgan fingerprint density at radius 3 is 2.37 bits per heavy atom. The van der Waals surface area contributed by atoms with Gasteiger partial charge in [0.05, 0.1) is 11.5 Å². The van der Waals surface area contributed by atoms with Gasteiger partial charge in [0.2, 0.25) is 5.91 Å². The minimum Gasteiger partial charge on any atom is -0.322 e. The van der Waals surface area contributed by atoms with Crippen LogP contribution in [-0.4, -0.2) is 34.1 Å². The fourth-order valence-corrected chi connectivity index (χ4v) is 5.78. The maximum atomic E-state index is 12.8. The molecule has 0 unspecified atom stereocenters. The van der Waals surface area contributed by atoms with Gasteiger partial charge in [-0.1, -0.05) is 72.3 Å². The van der Waals surface area contributed by atoms with Crippen LogP contribution in [0.1, 0.15) is 49.7 Å². The van der Waals surface area contributed by atoms with Crippen molar-refractivity contribution in [3.63, 3.8) is 0 Å². The first-order valence-corrected chi connectivity index (χ1v) is 14.4. The molecule has 0 saturated carbocycles. The number of nitrogens with zero attached hydrogens (tertiary/aromatic N) is 2. The highest BCUT2D eigenvalue weighted by molar-refractivity contribution is 8.00. The first kappa shape index (κ1) is 28.1. The standard InChI is InChI=1S/C32H27ClN4O3S/c1-21(25-9-6-12-28(18-25)34-30(39)26-10-5-11-27(33)17-26)35-36-31(40)23-13-15-24(16-14-23)32-37(29(38)20-41-32)19-22-7-3-2-4-8-22/h2-18,32H,19-20H2,1H3,(H,34,39)(H,36,40)/b35-21-/t32-/m1/s1. The molecular formula is C32H27ClN4O3S. The zero-order valence-corrected chi connectivity index (χ0v) is 23.8. The number of hydrogen-bond acceptors (Lipinski definition) is 5. The van der Waals surface area contributed by atoms with Gasteiger partial charge in [-0.2, -0.15) is 5.10 Å². The fraction of sp³-hybridized carbons (Fsp3) is 0.125. The molecule has 3 amide bonds. The zero-order chi connectivity index (χ0) is 28.8. The monoisotopic (exact) mass is 582 g/mol. The Morgan fingerprint density at radius 1 is 0.878 bits per heavy atom. The molecule has 2 N–H and O–H groups in total. The lowest BCUT2D eigenvalue weighted by molar-refractivity contribution is -0.128. The molecule has 206 valence electrons. The van der Waals surface area contributed by atoms with Crippen molar-refractivity contribution >= 4 is 52.5 Å². The molecule has 1 atom stereocenters. The number of carbonyl (C=O) groups excluding carboxylic acids is 3. The third-order valence-corrected chi connectivity index (χ3v) is 8.06.